The summed E-state index contributed by atoms with van der Waals surface area (Å²) in [5.41, 5.74) is 3.69. The van der Waals surface area contributed by atoms with E-state index in [1.54, 1.807) is 56.8 Å². The maximum atomic E-state index is 14.0. The number of rotatable bonds is 16. The smallest absolute Gasteiger partial charge is 0.347 e. The van der Waals surface area contributed by atoms with Crippen LogP contribution in [0.25, 0.3) is 0 Å². The van der Waals surface area contributed by atoms with Crippen LogP contribution in [0.2, 0.25) is 0 Å². The number of likely N-dealkylation sites (N-methyl/N-ethyl adjacent to an activating group) is 2. The molecule has 4 amide bonds. The van der Waals surface area contributed by atoms with Crippen molar-refractivity contribution in [3.63, 3.8) is 0 Å². The lowest BCUT2D eigenvalue weighted by Crippen LogP contribution is -2.55. The van der Waals surface area contributed by atoms with Gasteiger partial charge in [-0.15, -0.1) is 0 Å². The normalized spacial score (nSPS) is 16.2. The Morgan fingerprint density at radius 1 is 0.519 bits per heavy atom. The van der Waals surface area contributed by atoms with E-state index in [1.165, 1.54) is 13.0 Å². The number of carbonyl (C=O) groups excluding carboxylic acids is 4. The summed E-state index contributed by atoms with van der Waals surface area (Å²) in [6.07, 6.45) is -5.60. The van der Waals surface area contributed by atoms with Crippen molar-refractivity contribution in [2.24, 2.45) is 0 Å². The highest BCUT2D eigenvalue weighted by atomic mass is 19.4. The molecule has 2 fully saturated rings. The summed E-state index contributed by atoms with van der Waals surface area (Å²) >= 11 is 0. The highest BCUT2D eigenvalue weighted by Gasteiger charge is 2.45. The number of halogens is 6. The summed E-state index contributed by atoms with van der Waals surface area (Å²) < 4.78 is 80.0. The van der Waals surface area contributed by atoms with Crippen LogP contribution in [-0.4, -0.2) is 109 Å². The molecule has 6 aromatic rings. The zero-order valence-corrected chi connectivity index (χ0v) is 47.3. The van der Waals surface area contributed by atoms with Crippen LogP contribution in [0.4, 0.5) is 26.3 Å². The molecule has 0 saturated carbocycles. The monoisotopic (exact) mass is 1120 g/mol. The molecule has 81 heavy (non-hydrogen) atoms. The van der Waals surface area contributed by atoms with Crippen molar-refractivity contribution in [3.05, 3.63) is 213 Å². The molecule has 2 unspecified atom stereocenters. The summed E-state index contributed by atoms with van der Waals surface area (Å²) in [6, 6.07) is 46.1. The molecule has 6 aromatic carbocycles. The van der Waals surface area contributed by atoms with Crippen LogP contribution >= 0.6 is 0 Å². The van der Waals surface area contributed by atoms with E-state index in [4.69, 9.17) is 0 Å². The minimum atomic E-state index is -4.42. The largest absolute Gasteiger partial charge is 0.416 e. The van der Waals surface area contributed by atoms with Crippen molar-refractivity contribution in [1.82, 2.24) is 29.8 Å². The number of benzene rings is 6. The van der Waals surface area contributed by atoms with Crippen molar-refractivity contribution < 1.29 is 45.5 Å². The number of piperidine rings is 2. The zero-order valence-electron chi connectivity index (χ0n) is 47.3. The number of amides is 4. The van der Waals surface area contributed by atoms with Gasteiger partial charge >= 0.3 is 12.4 Å². The first-order valence-electron chi connectivity index (χ1n) is 27.5. The lowest BCUT2D eigenvalue weighted by atomic mass is 9.78. The maximum absolute atomic E-state index is 14.0. The van der Waals surface area contributed by atoms with Gasteiger partial charge in [-0.1, -0.05) is 145 Å². The molecule has 430 valence electrons. The van der Waals surface area contributed by atoms with E-state index >= 15 is 0 Å². The van der Waals surface area contributed by atoms with Gasteiger partial charge in [0.15, 0.2) is 0 Å². The molecular weight excluding hydrogens is 1040 g/mol. The van der Waals surface area contributed by atoms with Crippen LogP contribution in [-0.2, 0) is 55.5 Å². The van der Waals surface area contributed by atoms with Crippen LogP contribution in [0.15, 0.2) is 158 Å². The molecule has 0 bridgehead atoms. The number of likely N-dealkylation sites (tertiary alicyclic amines) is 2. The van der Waals surface area contributed by atoms with Gasteiger partial charge in [-0.05, 0) is 110 Å². The Hall–Kier alpha value is -7.30. The number of hydrogen-bond donors (Lipinski definition) is 1. The second-order valence-electron chi connectivity index (χ2n) is 21.7. The fourth-order valence-corrected chi connectivity index (χ4v) is 11.6. The molecule has 0 spiro atoms. The van der Waals surface area contributed by atoms with Crippen molar-refractivity contribution in [1.29, 1.82) is 0 Å². The molecular formula is C65H74F6N6O4. The summed E-state index contributed by atoms with van der Waals surface area (Å²) in [5, 5.41) is 3.18. The third-order valence-corrected chi connectivity index (χ3v) is 16.0. The summed E-state index contributed by atoms with van der Waals surface area (Å²) in [4.78, 5) is 61.9. The first kappa shape index (κ1) is 61.3. The fraction of sp³-hybridized carbons (Fsp3) is 0.385. The van der Waals surface area contributed by atoms with Crippen LogP contribution in [0.1, 0.15) is 107 Å². The van der Waals surface area contributed by atoms with Crippen LogP contribution in [0.3, 0.4) is 0 Å². The van der Waals surface area contributed by atoms with Gasteiger partial charge in [-0.3, -0.25) is 29.0 Å². The third-order valence-electron chi connectivity index (χ3n) is 16.0. The molecule has 2 saturated heterocycles. The SMILES string of the molecule is CC(=O)N(C)C1(c2ccccc2)CCN(C(C(=O)N(C)CCc2cc(C)cc(C(F)(F)F)c2)c2ccccc2)CC1.CC(=O)NC1(c2ccccc2)CCN(C(C(=O)N(C)CCc2cc(C)cc(C(F)(F)F)c2)c2ccccc2)CC1. The fourth-order valence-electron chi connectivity index (χ4n) is 11.6. The highest BCUT2D eigenvalue weighted by molar-refractivity contribution is 5.84. The predicted octanol–water partition coefficient (Wildman–Crippen LogP) is 12.1. The van der Waals surface area contributed by atoms with Gasteiger partial charge in [0.2, 0.25) is 23.6 Å². The molecule has 8 rings (SSSR count). The van der Waals surface area contributed by atoms with E-state index in [0.717, 1.165) is 40.5 Å². The van der Waals surface area contributed by atoms with Gasteiger partial charge in [-0.2, -0.15) is 26.3 Å². The predicted molar refractivity (Wildman–Crippen MR) is 304 cm³/mol. The van der Waals surface area contributed by atoms with E-state index in [1.807, 2.05) is 121 Å². The molecule has 2 atom stereocenters. The Balaban J connectivity index is 0.000000234. The first-order chi connectivity index (χ1) is 38.4. The van der Waals surface area contributed by atoms with Gasteiger partial charge < -0.3 is 20.0 Å². The van der Waals surface area contributed by atoms with E-state index < -0.39 is 46.6 Å². The quantitative estimate of drug-likeness (QED) is 0.0970. The summed E-state index contributed by atoms with van der Waals surface area (Å²) in [7, 11) is 5.25. The molecule has 0 aliphatic carbocycles. The van der Waals surface area contributed by atoms with Crippen molar-refractivity contribution in [2.45, 2.75) is 102 Å². The minimum absolute atomic E-state index is 0.0115. The van der Waals surface area contributed by atoms with Crippen molar-refractivity contribution in [3.8, 4) is 0 Å². The zero-order chi connectivity index (χ0) is 58.7. The lowest BCUT2D eigenvalue weighted by molar-refractivity contribution is -0.141. The van der Waals surface area contributed by atoms with Gasteiger partial charge in [0.25, 0.3) is 0 Å². The summed E-state index contributed by atoms with van der Waals surface area (Å²) in [5.74, 6) is -0.325. The van der Waals surface area contributed by atoms with Crippen LogP contribution < -0.4 is 5.32 Å². The Morgan fingerprint density at radius 3 is 1.23 bits per heavy atom. The highest BCUT2D eigenvalue weighted by Crippen LogP contribution is 2.42. The van der Waals surface area contributed by atoms with E-state index in [9.17, 15) is 45.5 Å². The standard InChI is InChI=1S/C33H38F3N3O2.C32H36F3N3O2/c1-24-21-26(23-29(22-24)33(34,35)36)15-18-37(3)31(41)30(27-11-7-5-8-12-27)39-19-16-32(17-20-39,38(4)25(2)40)28-13-9-6-10-14-28;1-23-20-25(22-28(21-23)32(33,34)35)14-17-37(3)30(40)29(26-10-6-4-7-11-26)38-18-15-31(16-19-38,36-24(2)39)27-12-8-5-9-13-27/h5-14,21-23,30H,15-20H2,1-4H3;4-13,20-22,29H,14-19H2,1-3H3,(H,36,39). The molecule has 2 aliphatic heterocycles. The number of hydrogen-bond acceptors (Lipinski definition) is 6. The van der Waals surface area contributed by atoms with Gasteiger partial charge in [0, 0.05) is 74.3 Å². The molecule has 16 heteroatoms. The van der Waals surface area contributed by atoms with Crippen LogP contribution in [0, 0.1) is 13.8 Å². The van der Waals surface area contributed by atoms with E-state index in [0.29, 0.717) is 87.0 Å². The second-order valence-corrected chi connectivity index (χ2v) is 21.7. The maximum Gasteiger partial charge on any atom is 0.416 e. The number of aryl methyl sites for hydroxylation is 2. The molecule has 10 nitrogen and oxygen atoms in total. The van der Waals surface area contributed by atoms with Crippen molar-refractivity contribution in [2.75, 3.05) is 60.4 Å². The molecule has 0 aromatic heterocycles. The molecule has 1 N–H and O–H groups in total. The van der Waals surface area contributed by atoms with Gasteiger partial charge in [0.05, 0.1) is 22.2 Å². The second kappa shape index (κ2) is 26.5. The number of nitrogens with zero attached hydrogens (tertiary/aromatic N) is 5. The Labute approximate surface area is 472 Å². The lowest BCUT2D eigenvalue weighted by Gasteiger charge is -2.49. The van der Waals surface area contributed by atoms with Crippen molar-refractivity contribution >= 4 is 23.6 Å². The molecule has 0 radical (unpaired) electrons. The topological polar surface area (TPSA) is 96.5 Å². The average Bonchev–Trinajstić information content (AvgIpc) is 3.57. The third kappa shape index (κ3) is 15.4. The number of alkyl halides is 6. The van der Waals surface area contributed by atoms with Crippen LogP contribution in [0.5, 0.6) is 0 Å². The Bertz CT molecular complexity index is 3050. The average molecular weight is 1120 g/mol. The summed E-state index contributed by atoms with van der Waals surface area (Å²) in [6.45, 7) is 9.33. The number of carbonyl (C=O) groups is 4. The van der Waals surface area contributed by atoms with E-state index in [-0.39, 0.29) is 36.7 Å². The first-order valence-corrected chi connectivity index (χ1v) is 27.5. The van der Waals surface area contributed by atoms with Gasteiger partial charge in [-0.25, -0.2) is 0 Å². The number of nitrogens with one attached hydrogen (secondary N) is 1. The molecule has 2 aliphatic rings. The Morgan fingerprint density at radius 2 is 0.877 bits per heavy atom. The molecule has 2 heterocycles. The van der Waals surface area contributed by atoms with E-state index in [2.05, 4.69) is 27.2 Å². The minimum Gasteiger partial charge on any atom is -0.347 e. The van der Waals surface area contributed by atoms with Gasteiger partial charge in [0.1, 0.15) is 12.1 Å². The Kier molecular flexibility index (Phi) is 20.1.